The van der Waals surface area contributed by atoms with Crippen molar-refractivity contribution in [2.75, 3.05) is 20.3 Å². The zero-order valence-corrected chi connectivity index (χ0v) is 12.2. The van der Waals surface area contributed by atoms with E-state index in [1.54, 1.807) is 14.0 Å². The minimum absolute atomic E-state index is 0.284. The molecule has 1 unspecified atom stereocenters. The number of ether oxygens (including phenoxy) is 2. The van der Waals surface area contributed by atoms with Crippen LogP contribution in [0.4, 0.5) is 0 Å². The topological polar surface area (TPSA) is 47.6 Å². The fourth-order valence-electron chi connectivity index (χ4n) is 1.99. The molecular formula is C15H23NO3. The van der Waals surface area contributed by atoms with Gasteiger partial charge in [0, 0.05) is 5.56 Å². The Morgan fingerprint density at radius 1 is 1.32 bits per heavy atom. The van der Waals surface area contributed by atoms with Crippen LogP contribution in [0.3, 0.4) is 0 Å². The van der Waals surface area contributed by atoms with Gasteiger partial charge in [-0.05, 0) is 32.9 Å². The van der Waals surface area contributed by atoms with Gasteiger partial charge in [0.15, 0.2) is 0 Å². The average Bonchev–Trinajstić information content (AvgIpc) is 2.44. The van der Waals surface area contributed by atoms with Crippen molar-refractivity contribution in [2.24, 2.45) is 0 Å². The molecule has 0 radical (unpaired) electrons. The number of carbonyl (C=O) groups excluding carboxylic acids is 1. The largest absolute Gasteiger partial charge is 0.496 e. The zero-order valence-electron chi connectivity index (χ0n) is 12.2. The molecule has 0 amide bonds. The van der Waals surface area contributed by atoms with Gasteiger partial charge in [-0.25, -0.2) is 4.79 Å². The molecule has 1 atom stereocenters. The van der Waals surface area contributed by atoms with Crippen LogP contribution in [-0.4, -0.2) is 26.2 Å². The molecule has 1 rings (SSSR count). The molecule has 0 spiro atoms. The van der Waals surface area contributed by atoms with Crippen LogP contribution in [0.25, 0.3) is 0 Å². The summed E-state index contributed by atoms with van der Waals surface area (Å²) in [6.07, 6.45) is 0.935. The first-order valence-electron chi connectivity index (χ1n) is 6.65. The Kier molecular flexibility index (Phi) is 5.83. The summed E-state index contributed by atoms with van der Waals surface area (Å²) in [5.74, 6) is 0.398. The highest BCUT2D eigenvalue weighted by Gasteiger charge is 2.38. The summed E-state index contributed by atoms with van der Waals surface area (Å²) < 4.78 is 10.6. The summed E-state index contributed by atoms with van der Waals surface area (Å²) in [6.45, 7) is 6.78. The predicted octanol–water partition coefficient (Wildman–Crippen LogP) is 2.47. The van der Waals surface area contributed by atoms with E-state index in [1.165, 1.54) is 0 Å². The third-order valence-corrected chi connectivity index (χ3v) is 3.06. The molecule has 1 N–H and O–H groups in total. The van der Waals surface area contributed by atoms with Crippen molar-refractivity contribution in [3.8, 4) is 5.75 Å². The molecule has 4 heteroatoms. The average molecular weight is 265 g/mol. The second kappa shape index (κ2) is 7.14. The Morgan fingerprint density at radius 3 is 2.58 bits per heavy atom. The number of nitrogens with one attached hydrogen (secondary N) is 1. The number of methoxy groups -OCH3 is 1. The van der Waals surface area contributed by atoms with Crippen molar-refractivity contribution in [1.82, 2.24) is 5.32 Å². The van der Waals surface area contributed by atoms with Crippen molar-refractivity contribution in [3.63, 3.8) is 0 Å². The number of benzene rings is 1. The van der Waals surface area contributed by atoms with Crippen LogP contribution in [0.2, 0.25) is 0 Å². The van der Waals surface area contributed by atoms with Gasteiger partial charge in [-0.1, -0.05) is 25.1 Å². The number of para-hydroxylation sites is 1. The lowest BCUT2D eigenvalue weighted by Crippen LogP contribution is -2.48. The monoisotopic (exact) mass is 265 g/mol. The van der Waals surface area contributed by atoms with Gasteiger partial charge >= 0.3 is 5.97 Å². The highest BCUT2D eigenvalue weighted by atomic mass is 16.5. The van der Waals surface area contributed by atoms with E-state index in [4.69, 9.17) is 9.47 Å². The van der Waals surface area contributed by atoms with E-state index < -0.39 is 5.54 Å². The molecule has 0 fully saturated rings. The fourth-order valence-corrected chi connectivity index (χ4v) is 1.99. The molecule has 0 aliphatic heterocycles. The summed E-state index contributed by atoms with van der Waals surface area (Å²) in [5, 5.41) is 3.27. The molecule has 1 aromatic carbocycles. The van der Waals surface area contributed by atoms with Crippen LogP contribution in [0.1, 0.15) is 32.8 Å². The zero-order chi connectivity index (χ0) is 14.3. The lowest BCUT2D eigenvalue weighted by Gasteiger charge is -2.30. The quantitative estimate of drug-likeness (QED) is 0.769. The van der Waals surface area contributed by atoms with Gasteiger partial charge in [0.1, 0.15) is 11.3 Å². The summed E-state index contributed by atoms with van der Waals surface area (Å²) in [5.41, 5.74) is -0.0945. The van der Waals surface area contributed by atoms with E-state index in [1.807, 2.05) is 31.2 Å². The van der Waals surface area contributed by atoms with Crippen molar-refractivity contribution in [2.45, 2.75) is 32.7 Å². The fraction of sp³-hybridized carbons (Fsp3) is 0.533. The number of carbonyl (C=O) groups is 1. The summed E-state index contributed by atoms with van der Waals surface area (Å²) >= 11 is 0. The Morgan fingerprint density at radius 2 is 2.00 bits per heavy atom. The second-order valence-electron chi connectivity index (χ2n) is 4.47. The lowest BCUT2D eigenvalue weighted by atomic mass is 9.91. The van der Waals surface area contributed by atoms with Gasteiger partial charge in [-0.3, -0.25) is 5.32 Å². The summed E-state index contributed by atoms with van der Waals surface area (Å²) in [4.78, 5) is 12.3. The molecule has 0 bridgehead atoms. The minimum Gasteiger partial charge on any atom is -0.496 e. The highest BCUT2D eigenvalue weighted by molar-refractivity contribution is 5.83. The van der Waals surface area contributed by atoms with E-state index in [0.29, 0.717) is 12.4 Å². The third kappa shape index (κ3) is 3.47. The number of rotatable bonds is 7. The molecule has 0 aliphatic rings. The molecule has 0 aliphatic carbocycles. The summed E-state index contributed by atoms with van der Waals surface area (Å²) in [7, 11) is 1.60. The van der Waals surface area contributed by atoms with E-state index in [-0.39, 0.29) is 5.97 Å². The second-order valence-corrected chi connectivity index (χ2v) is 4.47. The van der Waals surface area contributed by atoms with Gasteiger partial charge in [-0.2, -0.15) is 0 Å². The third-order valence-electron chi connectivity index (χ3n) is 3.06. The normalized spacial score (nSPS) is 13.7. The van der Waals surface area contributed by atoms with Gasteiger partial charge in [0.05, 0.1) is 13.7 Å². The molecule has 19 heavy (non-hydrogen) atoms. The number of hydrogen-bond donors (Lipinski definition) is 1. The maximum atomic E-state index is 12.3. The molecular weight excluding hydrogens is 242 g/mol. The van der Waals surface area contributed by atoms with Crippen LogP contribution in [0, 0.1) is 0 Å². The number of hydrogen-bond acceptors (Lipinski definition) is 4. The minimum atomic E-state index is -0.890. The van der Waals surface area contributed by atoms with Crippen LogP contribution in [-0.2, 0) is 15.1 Å². The van der Waals surface area contributed by atoms with Crippen molar-refractivity contribution in [3.05, 3.63) is 29.8 Å². The Bertz CT molecular complexity index is 420. The molecule has 0 aromatic heterocycles. The molecule has 1 aromatic rings. The first-order chi connectivity index (χ1) is 9.10. The molecule has 4 nitrogen and oxygen atoms in total. The Balaban J connectivity index is 3.18. The van der Waals surface area contributed by atoms with E-state index >= 15 is 0 Å². The van der Waals surface area contributed by atoms with Crippen molar-refractivity contribution < 1.29 is 14.3 Å². The highest BCUT2D eigenvalue weighted by Crippen LogP contribution is 2.30. The first-order valence-corrected chi connectivity index (χ1v) is 6.65. The van der Waals surface area contributed by atoms with Crippen LogP contribution >= 0.6 is 0 Å². The van der Waals surface area contributed by atoms with Crippen LogP contribution in [0.5, 0.6) is 5.75 Å². The Hall–Kier alpha value is -1.55. The van der Waals surface area contributed by atoms with Crippen LogP contribution < -0.4 is 10.1 Å². The maximum Gasteiger partial charge on any atom is 0.330 e. The van der Waals surface area contributed by atoms with Crippen molar-refractivity contribution in [1.29, 1.82) is 0 Å². The van der Waals surface area contributed by atoms with E-state index in [9.17, 15) is 4.79 Å². The van der Waals surface area contributed by atoms with Gasteiger partial charge in [0.25, 0.3) is 0 Å². The van der Waals surface area contributed by atoms with E-state index in [2.05, 4.69) is 12.2 Å². The van der Waals surface area contributed by atoms with E-state index in [0.717, 1.165) is 18.5 Å². The Labute approximate surface area is 115 Å². The smallest absolute Gasteiger partial charge is 0.330 e. The van der Waals surface area contributed by atoms with Gasteiger partial charge in [0.2, 0.25) is 0 Å². The maximum absolute atomic E-state index is 12.3. The lowest BCUT2D eigenvalue weighted by molar-refractivity contribution is -0.151. The number of esters is 1. The SMILES string of the molecule is CCCNC(C)(C(=O)OCC)c1ccccc1OC. The van der Waals surface area contributed by atoms with Gasteiger partial charge in [-0.15, -0.1) is 0 Å². The standard InChI is InChI=1S/C15H23NO3/c1-5-11-16-15(3,14(17)19-6-2)12-9-7-8-10-13(12)18-4/h7-10,16H,5-6,11H2,1-4H3. The predicted molar refractivity (Wildman–Crippen MR) is 75.3 cm³/mol. The molecule has 0 saturated carbocycles. The molecule has 0 saturated heterocycles. The van der Waals surface area contributed by atoms with Crippen molar-refractivity contribution >= 4 is 5.97 Å². The first kappa shape index (κ1) is 15.5. The van der Waals surface area contributed by atoms with Crippen LogP contribution in [0.15, 0.2) is 24.3 Å². The van der Waals surface area contributed by atoms with Gasteiger partial charge < -0.3 is 9.47 Å². The molecule has 106 valence electrons. The summed E-state index contributed by atoms with van der Waals surface area (Å²) in [6, 6.07) is 7.51. The molecule has 0 heterocycles.